The molecule has 0 aromatic carbocycles. The van der Waals surface area contributed by atoms with Crippen LogP contribution in [-0.2, 0) is 6.54 Å². The fraction of sp³-hybridized carbons (Fsp3) is 0.667. The second-order valence-electron chi connectivity index (χ2n) is 4.03. The third-order valence-electron chi connectivity index (χ3n) is 2.55. The van der Waals surface area contributed by atoms with Crippen molar-refractivity contribution in [2.75, 3.05) is 23.9 Å². The van der Waals surface area contributed by atoms with Gasteiger partial charge in [0.05, 0.1) is 11.9 Å². The summed E-state index contributed by atoms with van der Waals surface area (Å²) < 4.78 is 1.43. The summed E-state index contributed by atoms with van der Waals surface area (Å²) in [7, 11) is 0. The van der Waals surface area contributed by atoms with Crippen LogP contribution in [0.3, 0.4) is 0 Å². The molecule has 1 heterocycles. The highest BCUT2D eigenvalue weighted by Crippen LogP contribution is 2.15. The van der Waals surface area contributed by atoms with Crippen LogP contribution in [0.2, 0.25) is 5.02 Å². The lowest BCUT2D eigenvalue weighted by molar-refractivity contribution is 0.543. The fourth-order valence-electron chi connectivity index (χ4n) is 1.50. The van der Waals surface area contributed by atoms with Gasteiger partial charge in [0.25, 0.3) is 5.56 Å². The molecule has 0 spiro atoms. The molecule has 0 unspecified atom stereocenters. The molecule has 0 aliphatic heterocycles. The Bertz CT molecular complexity index is 422. The molecule has 0 aliphatic carbocycles. The molecule has 1 N–H and O–H groups in total. The van der Waals surface area contributed by atoms with Gasteiger partial charge in [0.1, 0.15) is 5.02 Å². The second kappa shape index (κ2) is 8.43. The number of nitrogens with zero attached hydrogens (tertiary/aromatic N) is 2. The normalized spacial score (nSPS) is 10.6. The van der Waals surface area contributed by atoms with Crippen LogP contribution in [0.5, 0.6) is 0 Å². The van der Waals surface area contributed by atoms with Gasteiger partial charge in [0, 0.05) is 13.1 Å². The van der Waals surface area contributed by atoms with Crippen molar-refractivity contribution in [2.24, 2.45) is 0 Å². The summed E-state index contributed by atoms with van der Waals surface area (Å²) >= 11 is 7.85. The van der Waals surface area contributed by atoms with Crippen LogP contribution in [0.4, 0.5) is 5.69 Å². The van der Waals surface area contributed by atoms with Gasteiger partial charge >= 0.3 is 0 Å². The Morgan fingerprint density at radius 3 is 2.94 bits per heavy atom. The van der Waals surface area contributed by atoms with E-state index in [-0.39, 0.29) is 10.6 Å². The molecule has 1 rings (SSSR count). The molecule has 6 heteroatoms. The van der Waals surface area contributed by atoms with E-state index in [0.717, 1.165) is 31.6 Å². The molecule has 4 nitrogen and oxygen atoms in total. The molecule has 102 valence electrons. The fourth-order valence-corrected chi connectivity index (χ4v) is 2.14. The minimum Gasteiger partial charge on any atom is -0.382 e. The lowest BCUT2D eigenvalue weighted by atomic mass is 10.3. The van der Waals surface area contributed by atoms with E-state index >= 15 is 0 Å². The minimum atomic E-state index is -0.208. The Morgan fingerprint density at radius 2 is 2.28 bits per heavy atom. The predicted molar refractivity (Wildman–Crippen MR) is 79.9 cm³/mol. The first-order valence-corrected chi connectivity index (χ1v) is 7.96. The van der Waals surface area contributed by atoms with E-state index in [4.69, 9.17) is 11.6 Å². The maximum absolute atomic E-state index is 11.9. The largest absolute Gasteiger partial charge is 0.382 e. The number of halogens is 1. The number of nitrogens with one attached hydrogen (secondary N) is 1. The van der Waals surface area contributed by atoms with E-state index in [0.29, 0.717) is 12.2 Å². The highest BCUT2D eigenvalue weighted by atomic mass is 35.5. The Kier molecular flexibility index (Phi) is 7.20. The van der Waals surface area contributed by atoms with Crippen LogP contribution < -0.4 is 10.9 Å². The lowest BCUT2D eigenvalue weighted by Gasteiger charge is -2.09. The smallest absolute Gasteiger partial charge is 0.287 e. The van der Waals surface area contributed by atoms with Crippen molar-refractivity contribution in [3.63, 3.8) is 0 Å². The quantitative estimate of drug-likeness (QED) is 0.748. The SMILES string of the molecule is CCCCn1ncc(NCCCSC)c(Cl)c1=O. The highest BCUT2D eigenvalue weighted by Gasteiger charge is 2.08. The van der Waals surface area contributed by atoms with Crippen molar-refractivity contribution in [3.05, 3.63) is 21.6 Å². The number of unbranched alkanes of at least 4 members (excludes halogenated alkanes) is 1. The molecule has 0 fully saturated rings. The predicted octanol–water partition coefficient (Wildman–Crippen LogP) is 2.86. The minimum absolute atomic E-state index is 0.208. The first kappa shape index (κ1) is 15.4. The number of hydrogen-bond donors (Lipinski definition) is 1. The second-order valence-corrected chi connectivity index (χ2v) is 5.39. The topological polar surface area (TPSA) is 46.9 Å². The zero-order valence-electron chi connectivity index (χ0n) is 10.9. The summed E-state index contributed by atoms with van der Waals surface area (Å²) in [5.41, 5.74) is 0.426. The molecular weight excluding hydrogens is 270 g/mol. The standard InChI is InChI=1S/C12H20ClN3OS/c1-3-4-7-16-12(17)11(13)10(9-15-16)14-6-5-8-18-2/h9,14H,3-8H2,1-2H3. The van der Waals surface area contributed by atoms with Crippen molar-refractivity contribution in [2.45, 2.75) is 32.7 Å². The first-order chi connectivity index (χ1) is 8.70. The van der Waals surface area contributed by atoms with Crippen molar-refractivity contribution < 1.29 is 0 Å². The number of aryl methyl sites for hydroxylation is 1. The van der Waals surface area contributed by atoms with Gasteiger partial charge < -0.3 is 5.32 Å². The lowest BCUT2D eigenvalue weighted by Crippen LogP contribution is -2.24. The van der Waals surface area contributed by atoms with Crippen LogP contribution in [-0.4, -0.2) is 28.3 Å². The molecule has 0 aliphatic rings. The zero-order chi connectivity index (χ0) is 13.4. The summed E-state index contributed by atoms with van der Waals surface area (Å²) in [4.78, 5) is 11.9. The summed E-state index contributed by atoms with van der Waals surface area (Å²) in [5.74, 6) is 1.09. The van der Waals surface area contributed by atoms with E-state index in [9.17, 15) is 4.79 Å². The molecule has 18 heavy (non-hydrogen) atoms. The van der Waals surface area contributed by atoms with Gasteiger partial charge in [0.15, 0.2) is 0 Å². The molecular formula is C12H20ClN3OS. The Hall–Kier alpha value is -0.680. The number of thioether (sulfide) groups is 1. The third-order valence-corrected chi connectivity index (χ3v) is 3.61. The average Bonchev–Trinajstić information content (AvgIpc) is 2.38. The molecule has 0 saturated carbocycles. The van der Waals surface area contributed by atoms with E-state index in [1.807, 2.05) is 0 Å². The van der Waals surface area contributed by atoms with Crippen LogP contribution in [0.15, 0.2) is 11.0 Å². The van der Waals surface area contributed by atoms with Gasteiger partial charge in [-0.25, -0.2) is 4.68 Å². The summed E-state index contributed by atoms with van der Waals surface area (Å²) in [6.07, 6.45) is 6.71. The molecule has 0 amide bonds. The number of anilines is 1. The van der Waals surface area contributed by atoms with E-state index in [1.54, 1.807) is 18.0 Å². The van der Waals surface area contributed by atoms with Gasteiger partial charge in [0.2, 0.25) is 0 Å². The first-order valence-electron chi connectivity index (χ1n) is 6.19. The van der Waals surface area contributed by atoms with Gasteiger partial charge in [-0.2, -0.15) is 16.9 Å². The van der Waals surface area contributed by atoms with Crippen LogP contribution in [0, 0.1) is 0 Å². The molecule has 0 atom stereocenters. The Labute approximate surface area is 117 Å². The Balaban J connectivity index is 2.65. The van der Waals surface area contributed by atoms with E-state index in [1.165, 1.54) is 4.68 Å². The van der Waals surface area contributed by atoms with Crippen molar-refractivity contribution in [1.29, 1.82) is 0 Å². The molecule has 0 radical (unpaired) electrons. The highest BCUT2D eigenvalue weighted by molar-refractivity contribution is 7.98. The van der Waals surface area contributed by atoms with Crippen LogP contribution in [0.25, 0.3) is 0 Å². The van der Waals surface area contributed by atoms with Gasteiger partial charge in [-0.05, 0) is 24.9 Å². The molecule has 0 bridgehead atoms. The van der Waals surface area contributed by atoms with Crippen LogP contribution >= 0.6 is 23.4 Å². The van der Waals surface area contributed by atoms with Crippen molar-refractivity contribution in [1.82, 2.24) is 9.78 Å². The Morgan fingerprint density at radius 1 is 1.50 bits per heavy atom. The van der Waals surface area contributed by atoms with Crippen molar-refractivity contribution in [3.8, 4) is 0 Å². The van der Waals surface area contributed by atoms with Crippen LogP contribution in [0.1, 0.15) is 26.2 Å². The van der Waals surface area contributed by atoms with E-state index in [2.05, 4.69) is 23.6 Å². The van der Waals surface area contributed by atoms with Gasteiger partial charge in [-0.15, -0.1) is 0 Å². The maximum Gasteiger partial charge on any atom is 0.287 e. The number of rotatable bonds is 8. The number of aromatic nitrogens is 2. The summed E-state index contributed by atoms with van der Waals surface area (Å²) in [6, 6.07) is 0. The van der Waals surface area contributed by atoms with Gasteiger partial charge in [-0.3, -0.25) is 4.79 Å². The van der Waals surface area contributed by atoms with Gasteiger partial charge in [-0.1, -0.05) is 24.9 Å². The maximum atomic E-state index is 11.9. The monoisotopic (exact) mass is 289 g/mol. The number of hydrogen-bond acceptors (Lipinski definition) is 4. The summed E-state index contributed by atoms with van der Waals surface area (Å²) in [6.45, 7) is 3.51. The van der Waals surface area contributed by atoms with Crippen molar-refractivity contribution >= 4 is 29.1 Å². The third kappa shape index (κ3) is 4.53. The molecule has 0 saturated heterocycles. The summed E-state index contributed by atoms with van der Waals surface area (Å²) in [5, 5.41) is 7.52. The molecule has 1 aromatic rings. The molecule has 1 aromatic heterocycles. The zero-order valence-corrected chi connectivity index (χ0v) is 12.5. The average molecular weight is 290 g/mol. The van der Waals surface area contributed by atoms with E-state index < -0.39 is 0 Å².